The average Bonchev–Trinajstić information content (AvgIpc) is 2.60. The summed E-state index contributed by atoms with van der Waals surface area (Å²) in [7, 11) is 0. The minimum Gasteiger partial charge on any atom is -0.484 e. The van der Waals surface area contributed by atoms with Gasteiger partial charge in [-0.2, -0.15) is 4.37 Å². The van der Waals surface area contributed by atoms with Crippen LogP contribution >= 0.6 is 11.5 Å². The molecule has 1 aromatic heterocycles. The van der Waals surface area contributed by atoms with Crippen LogP contribution < -0.4 is 15.4 Å². The molecule has 0 aromatic carbocycles. The highest BCUT2D eigenvalue weighted by atomic mass is 32.1. The van der Waals surface area contributed by atoms with Gasteiger partial charge in [0.1, 0.15) is 0 Å². The first-order valence-electron chi connectivity index (χ1n) is 6.56. The summed E-state index contributed by atoms with van der Waals surface area (Å²) < 4.78 is 10.0. The van der Waals surface area contributed by atoms with Crippen molar-refractivity contribution in [2.45, 2.75) is 46.6 Å². The van der Waals surface area contributed by atoms with Crippen LogP contribution in [0.1, 0.15) is 40.5 Å². The van der Waals surface area contributed by atoms with Crippen molar-refractivity contribution in [1.29, 1.82) is 0 Å². The van der Waals surface area contributed by atoms with Gasteiger partial charge in [-0.1, -0.05) is 13.8 Å². The van der Waals surface area contributed by atoms with E-state index in [1.165, 1.54) is 24.4 Å². The van der Waals surface area contributed by atoms with Crippen LogP contribution in [0.4, 0.5) is 10.8 Å². The number of nitrogen functional groups attached to an aromatic ring is 1. The molecule has 1 aliphatic heterocycles. The van der Waals surface area contributed by atoms with Gasteiger partial charge in [0.15, 0.2) is 16.6 Å². The summed E-state index contributed by atoms with van der Waals surface area (Å²) in [4.78, 5) is 2.36. The Labute approximate surface area is 113 Å². The van der Waals surface area contributed by atoms with E-state index in [-0.39, 0.29) is 6.10 Å². The highest BCUT2D eigenvalue weighted by molar-refractivity contribution is 7.11. The highest BCUT2D eigenvalue weighted by Gasteiger charge is 2.29. The van der Waals surface area contributed by atoms with Crippen LogP contribution in [0, 0.1) is 5.41 Å². The predicted molar refractivity (Wildman–Crippen MR) is 77.5 cm³/mol. The summed E-state index contributed by atoms with van der Waals surface area (Å²) in [6.45, 7) is 10.8. The summed E-state index contributed by atoms with van der Waals surface area (Å²) in [5.41, 5.74) is 6.35. The summed E-state index contributed by atoms with van der Waals surface area (Å²) in [6.07, 6.45) is 2.53. The number of nitrogens with two attached hydrogens (primary N) is 1. The van der Waals surface area contributed by atoms with Gasteiger partial charge in [0.05, 0.1) is 6.10 Å². The molecule has 2 N–H and O–H groups in total. The van der Waals surface area contributed by atoms with Crippen molar-refractivity contribution in [3.05, 3.63) is 0 Å². The Bertz CT molecular complexity index is 404. The van der Waals surface area contributed by atoms with Crippen molar-refractivity contribution < 1.29 is 4.74 Å². The maximum atomic E-state index is 5.90. The van der Waals surface area contributed by atoms with Gasteiger partial charge in [-0.05, 0) is 43.6 Å². The molecule has 5 heteroatoms. The van der Waals surface area contributed by atoms with E-state index in [9.17, 15) is 0 Å². The number of hydrogen-bond donors (Lipinski definition) is 1. The molecule has 0 spiro atoms. The second kappa shape index (κ2) is 4.96. The lowest BCUT2D eigenvalue weighted by molar-refractivity contribution is 0.242. The van der Waals surface area contributed by atoms with Gasteiger partial charge < -0.3 is 15.4 Å². The number of aromatic nitrogens is 1. The zero-order valence-electron chi connectivity index (χ0n) is 11.7. The fourth-order valence-corrected chi connectivity index (χ4v) is 2.95. The monoisotopic (exact) mass is 269 g/mol. The Balaban J connectivity index is 2.14. The van der Waals surface area contributed by atoms with Crippen LogP contribution in [-0.4, -0.2) is 23.6 Å². The van der Waals surface area contributed by atoms with E-state index in [1.807, 2.05) is 13.8 Å². The lowest BCUT2D eigenvalue weighted by Crippen LogP contribution is -2.37. The molecular weight excluding hydrogens is 246 g/mol. The molecule has 0 aliphatic carbocycles. The molecule has 0 bridgehead atoms. The number of rotatable bonds is 3. The first kappa shape index (κ1) is 13.5. The molecule has 1 aromatic rings. The lowest BCUT2D eigenvalue weighted by Gasteiger charge is -2.37. The fourth-order valence-electron chi connectivity index (χ4n) is 2.15. The second-order valence-corrected chi connectivity index (χ2v) is 6.77. The highest BCUT2D eigenvalue weighted by Crippen LogP contribution is 2.42. The molecule has 0 unspecified atom stereocenters. The number of anilines is 2. The zero-order chi connectivity index (χ0) is 13.3. The Morgan fingerprint density at radius 3 is 2.50 bits per heavy atom. The van der Waals surface area contributed by atoms with Gasteiger partial charge in [0, 0.05) is 13.1 Å². The minimum atomic E-state index is 0.128. The Hall–Kier alpha value is -0.970. The third-order valence-electron chi connectivity index (χ3n) is 3.42. The second-order valence-electron chi connectivity index (χ2n) is 6.02. The molecule has 0 amide bonds. The molecule has 102 valence electrons. The van der Waals surface area contributed by atoms with Crippen LogP contribution in [-0.2, 0) is 0 Å². The number of ether oxygens (including phenoxy) is 1. The van der Waals surface area contributed by atoms with Crippen molar-refractivity contribution in [1.82, 2.24) is 4.37 Å². The number of hydrogen-bond acceptors (Lipinski definition) is 5. The Morgan fingerprint density at radius 1 is 1.33 bits per heavy atom. The third kappa shape index (κ3) is 2.88. The van der Waals surface area contributed by atoms with Gasteiger partial charge in [-0.3, -0.25) is 0 Å². The molecule has 0 saturated carbocycles. The maximum absolute atomic E-state index is 5.90. The minimum absolute atomic E-state index is 0.128. The molecule has 0 radical (unpaired) electrons. The van der Waals surface area contributed by atoms with Gasteiger partial charge in [0.2, 0.25) is 0 Å². The van der Waals surface area contributed by atoms with Crippen molar-refractivity contribution in [2.24, 2.45) is 5.41 Å². The van der Waals surface area contributed by atoms with Crippen LogP contribution in [0.2, 0.25) is 0 Å². The molecule has 2 heterocycles. The lowest BCUT2D eigenvalue weighted by atomic mass is 9.83. The largest absolute Gasteiger partial charge is 0.484 e. The van der Waals surface area contributed by atoms with Crippen molar-refractivity contribution >= 4 is 22.4 Å². The third-order valence-corrected chi connectivity index (χ3v) is 4.32. The molecule has 1 aliphatic rings. The Kier molecular flexibility index (Phi) is 3.71. The molecule has 4 nitrogen and oxygen atoms in total. The molecule has 0 atom stereocenters. The van der Waals surface area contributed by atoms with E-state index in [2.05, 4.69) is 23.1 Å². The predicted octanol–water partition coefficient (Wildman–Crippen LogP) is 3.14. The van der Waals surface area contributed by atoms with Crippen molar-refractivity contribution in [3.8, 4) is 5.75 Å². The smallest absolute Gasteiger partial charge is 0.198 e. The van der Waals surface area contributed by atoms with E-state index in [4.69, 9.17) is 10.5 Å². The molecule has 18 heavy (non-hydrogen) atoms. The maximum Gasteiger partial charge on any atom is 0.198 e. The van der Waals surface area contributed by atoms with Crippen molar-refractivity contribution in [2.75, 3.05) is 23.7 Å². The van der Waals surface area contributed by atoms with E-state index in [0.29, 0.717) is 11.2 Å². The summed E-state index contributed by atoms with van der Waals surface area (Å²) in [5, 5.41) is 1.09. The summed E-state index contributed by atoms with van der Waals surface area (Å²) >= 11 is 1.45. The first-order valence-corrected chi connectivity index (χ1v) is 7.33. The van der Waals surface area contributed by atoms with E-state index in [0.717, 1.165) is 23.8 Å². The van der Waals surface area contributed by atoms with E-state index >= 15 is 0 Å². The van der Waals surface area contributed by atoms with E-state index in [1.54, 1.807) is 0 Å². The van der Waals surface area contributed by atoms with Gasteiger partial charge in [-0.15, -0.1) is 0 Å². The van der Waals surface area contributed by atoms with Gasteiger partial charge in [0.25, 0.3) is 0 Å². The fraction of sp³-hybridized carbons (Fsp3) is 0.769. The van der Waals surface area contributed by atoms with Crippen LogP contribution in [0.25, 0.3) is 0 Å². The normalized spacial score (nSPS) is 19.3. The van der Waals surface area contributed by atoms with Gasteiger partial charge >= 0.3 is 0 Å². The quantitative estimate of drug-likeness (QED) is 0.916. The van der Waals surface area contributed by atoms with Crippen LogP contribution in [0.15, 0.2) is 0 Å². The molecule has 1 saturated heterocycles. The van der Waals surface area contributed by atoms with Crippen molar-refractivity contribution in [3.63, 3.8) is 0 Å². The van der Waals surface area contributed by atoms with Crippen LogP contribution in [0.3, 0.4) is 0 Å². The topological polar surface area (TPSA) is 51.4 Å². The Morgan fingerprint density at radius 2 is 1.94 bits per heavy atom. The number of piperidine rings is 1. The number of nitrogens with zero attached hydrogens (tertiary/aromatic N) is 2. The molecule has 1 fully saturated rings. The molecular formula is C13H23N3OS. The van der Waals surface area contributed by atoms with Crippen LogP contribution in [0.5, 0.6) is 5.75 Å². The SMILES string of the molecule is CC(C)Oc1c(N)nsc1N1CCC(C)(C)CC1. The van der Waals surface area contributed by atoms with E-state index < -0.39 is 0 Å². The molecule has 2 rings (SSSR count). The standard InChI is InChI=1S/C13H23N3OS/c1-9(2)17-10-11(14)15-18-12(10)16-7-5-13(3,4)6-8-16/h9H,5-8H2,1-4H3,(H2,14,15). The average molecular weight is 269 g/mol. The van der Waals surface area contributed by atoms with Gasteiger partial charge in [-0.25, -0.2) is 0 Å². The summed E-state index contributed by atoms with van der Waals surface area (Å²) in [6, 6.07) is 0. The zero-order valence-corrected chi connectivity index (χ0v) is 12.5. The first-order chi connectivity index (χ1) is 8.39. The summed E-state index contributed by atoms with van der Waals surface area (Å²) in [5.74, 6) is 1.29.